The maximum atomic E-state index is 9.60. The summed E-state index contributed by atoms with van der Waals surface area (Å²) in [6, 6.07) is 20.3. The van der Waals surface area contributed by atoms with Gasteiger partial charge in [-0.3, -0.25) is 4.90 Å². The van der Waals surface area contributed by atoms with Crippen LogP contribution in [0.4, 0.5) is 17.3 Å². The zero-order valence-electron chi connectivity index (χ0n) is 19.6. The first-order valence-electron chi connectivity index (χ1n) is 11.6. The van der Waals surface area contributed by atoms with Crippen LogP contribution in [0.3, 0.4) is 0 Å². The highest BCUT2D eigenvalue weighted by atomic mass is 16.5. The molecule has 0 unspecified atom stereocenters. The van der Waals surface area contributed by atoms with Crippen LogP contribution in [0.1, 0.15) is 6.92 Å². The second-order valence-corrected chi connectivity index (χ2v) is 8.65. The van der Waals surface area contributed by atoms with Crippen LogP contribution in [0.2, 0.25) is 0 Å². The van der Waals surface area contributed by atoms with Crippen LogP contribution in [0, 0.1) is 0 Å². The molecule has 0 amide bonds. The maximum Gasteiger partial charge on any atom is 0.245 e. The van der Waals surface area contributed by atoms with Gasteiger partial charge in [0.1, 0.15) is 5.75 Å². The van der Waals surface area contributed by atoms with E-state index in [4.69, 9.17) is 9.84 Å². The minimum Gasteiger partial charge on any atom is -0.496 e. The van der Waals surface area contributed by atoms with E-state index >= 15 is 0 Å². The minimum atomic E-state index is -0.282. The van der Waals surface area contributed by atoms with Crippen LogP contribution >= 0.6 is 0 Å². The monoisotopic (exact) mass is 458 g/mol. The lowest BCUT2D eigenvalue weighted by Gasteiger charge is -2.36. The normalized spacial score (nSPS) is 15.4. The Morgan fingerprint density at radius 2 is 1.76 bits per heavy atom. The molecule has 1 aliphatic heterocycles. The Labute approximate surface area is 199 Å². The van der Waals surface area contributed by atoms with Gasteiger partial charge >= 0.3 is 0 Å². The Morgan fingerprint density at radius 1 is 1.00 bits per heavy atom. The lowest BCUT2D eigenvalue weighted by atomic mass is 10.1. The van der Waals surface area contributed by atoms with Crippen molar-refractivity contribution in [2.45, 2.75) is 13.0 Å². The molecule has 0 spiro atoms. The first-order chi connectivity index (χ1) is 16.6. The average Bonchev–Trinajstić information content (AvgIpc) is 3.28. The molecule has 1 saturated heterocycles. The van der Waals surface area contributed by atoms with E-state index in [2.05, 4.69) is 44.4 Å². The first-order valence-corrected chi connectivity index (χ1v) is 11.6. The van der Waals surface area contributed by atoms with Crippen molar-refractivity contribution in [2.24, 2.45) is 0 Å². The van der Waals surface area contributed by atoms with Gasteiger partial charge < -0.3 is 20.1 Å². The number of fused-ring (bicyclic) bond motifs is 1. The van der Waals surface area contributed by atoms with E-state index in [1.54, 1.807) is 7.11 Å². The molecule has 0 bridgehead atoms. The Morgan fingerprint density at radius 3 is 2.50 bits per heavy atom. The Balaban J connectivity index is 1.30. The fourth-order valence-corrected chi connectivity index (χ4v) is 4.47. The molecule has 3 heterocycles. The third-order valence-corrected chi connectivity index (χ3v) is 6.16. The van der Waals surface area contributed by atoms with Crippen LogP contribution in [-0.4, -0.2) is 70.5 Å². The number of hydrogen-bond donors (Lipinski definition) is 2. The molecule has 1 atom stereocenters. The van der Waals surface area contributed by atoms with Crippen LogP contribution in [-0.2, 0) is 0 Å². The number of hydrogen-bond acceptors (Lipinski definition) is 7. The van der Waals surface area contributed by atoms with Gasteiger partial charge in [0.25, 0.3) is 0 Å². The Kier molecular flexibility index (Phi) is 6.33. The highest BCUT2D eigenvalue weighted by molar-refractivity contribution is 5.72. The van der Waals surface area contributed by atoms with E-state index in [1.807, 2.05) is 54.0 Å². The van der Waals surface area contributed by atoms with Gasteiger partial charge in [0.15, 0.2) is 0 Å². The number of benzene rings is 2. The predicted molar refractivity (Wildman–Crippen MR) is 135 cm³/mol. The van der Waals surface area contributed by atoms with Crippen LogP contribution in [0.25, 0.3) is 16.8 Å². The molecule has 34 heavy (non-hydrogen) atoms. The molecule has 0 radical (unpaired) electrons. The number of anilines is 3. The van der Waals surface area contributed by atoms with Crippen LogP contribution < -0.4 is 15.0 Å². The number of nitrogens with zero attached hydrogens (tertiary/aromatic N) is 5. The van der Waals surface area contributed by atoms with Crippen molar-refractivity contribution in [3.63, 3.8) is 0 Å². The smallest absolute Gasteiger partial charge is 0.245 e. The molecule has 1 aliphatic rings. The molecular formula is C26H30N6O2. The van der Waals surface area contributed by atoms with Gasteiger partial charge in [-0.25, -0.2) is 9.50 Å². The van der Waals surface area contributed by atoms with Crippen molar-refractivity contribution in [3.8, 4) is 17.0 Å². The summed E-state index contributed by atoms with van der Waals surface area (Å²) in [6.07, 6.45) is 1.53. The van der Waals surface area contributed by atoms with E-state index in [-0.39, 0.29) is 6.10 Å². The summed E-state index contributed by atoms with van der Waals surface area (Å²) >= 11 is 0. The summed E-state index contributed by atoms with van der Waals surface area (Å²) in [4.78, 5) is 9.18. The van der Waals surface area contributed by atoms with Crippen LogP contribution in [0.5, 0.6) is 5.75 Å². The SMILES string of the molecule is COc1ccccc1-c1ccc2cnc(Nc3ccc(N4CCN(C[C@@H](C)O)CC4)cc3)nn12. The lowest BCUT2D eigenvalue weighted by Crippen LogP contribution is -2.48. The molecule has 4 aromatic rings. The molecule has 2 N–H and O–H groups in total. The molecule has 0 saturated carbocycles. The number of nitrogens with one attached hydrogen (secondary N) is 1. The molecule has 8 nitrogen and oxygen atoms in total. The second kappa shape index (κ2) is 9.70. The number of piperazine rings is 1. The molecular weight excluding hydrogens is 428 g/mol. The molecule has 1 fully saturated rings. The summed E-state index contributed by atoms with van der Waals surface area (Å²) in [5, 5.41) is 17.7. The summed E-state index contributed by atoms with van der Waals surface area (Å²) in [5.74, 6) is 1.33. The topological polar surface area (TPSA) is 78.2 Å². The van der Waals surface area contributed by atoms with Crippen molar-refractivity contribution in [1.82, 2.24) is 19.5 Å². The lowest BCUT2D eigenvalue weighted by molar-refractivity contribution is 0.123. The number of β-amino-alcohol motifs (C(OH)–C–C–N with tert-alkyl or cyclic N) is 1. The molecule has 2 aromatic heterocycles. The van der Waals surface area contributed by atoms with Crippen molar-refractivity contribution >= 4 is 22.8 Å². The van der Waals surface area contributed by atoms with Gasteiger partial charge in [0.05, 0.1) is 30.6 Å². The van der Waals surface area contributed by atoms with Crippen molar-refractivity contribution in [2.75, 3.05) is 50.1 Å². The summed E-state index contributed by atoms with van der Waals surface area (Å²) in [6.45, 7) is 6.42. The van der Waals surface area contributed by atoms with E-state index in [9.17, 15) is 5.11 Å². The van der Waals surface area contributed by atoms with Gasteiger partial charge in [0.2, 0.25) is 5.95 Å². The minimum absolute atomic E-state index is 0.282. The van der Waals surface area contributed by atoms with Crippen molar-refractivity contribution < 1.29 is 9.84 Å². The van der Waals surface area contributed by atoms with Crippen molar-refractivity contribution in [3.05, 3.63) is 66.9 Å². The zero-order chi connectivity index (χ0) is 23.5. The second-order valence-electron chi connectivity index (χ2n) is 8.65. The summed E-state index contributed by atoms with van der Waals surface area (Å²) < 4.78 is 7.42. The first kappa shape index (κ1) is 22.2. The number of aliphatic hydroxyl groups excluding tert-OH is 1. The number of para-hydroxylation sites is 1. The van der Waals surface area contributed by atoms with E-state index in [0.717, 1.165) is 60.9 Å². The van der Waals surface area contributed by atoms with Gasteiger partial charge in [-0.05, 0) is 55.5 Å². The van der Waals surface area contributed by atoms with Crippen LogP contribution in [0.15, 0.2) is 66.9 Å². The largest absolute Gasteiger partial charge is 0.496 e. The maximum absolute atomic E-state index is 9.60. The molecule has 0 aliphatic carbocycles. The average molecular weight is 459 g/mol. The van der Waals surface area contributed by atoms with E-state index in [1.165, 1.54) is 5.69 Å². The standard InChI is InChI=1S/C26H30N6O2/c1-19(33)18-30-13-15-31(16-14-30)21-9-7-20(8-10-21)28-26-27-17-22-11-12-24(32(22)29-26)23-5-3-4-6-25(23)34-2/h3-12,17,19,33H,13-16,18H2,1-2H3,(H,28,29)/t19-/m1/s1. The third-order valence-electron chi connectivity index (χ3n) is 6.16. The fraction of sp³-hybridized carbons (Fsp3) is 0.308. The number of aliphatic hydroxyl groups is 1. The number of methoxy groups -OCH3 is 1. The number of rotatable bonds is 7. The predicted octanol–water partition coefficient (Wildman–Crippen LogP) is 3.65. The zero-order valence-corrected chi connectivity index (χ0v) is 19.6. The van der Waals surface area contributed by atoms with Gasteiger partial charge in [-0.15, -0.1) is 5.10 Å². The molecule has 176 valence electrons. The highest BCUT2D eigenvalue weighted by Crippen LogP contribution is 2.31. The van der Waals surface area contributed by atoms with E-state index in [0.29, 0.717) is 5.95 Å². The molecule has 2 aromatic carbocycles. The number of ether oxygens (including phenoxy) is 1. The molecule has 8 heteroatoms. The van der Waals surface area contributed by atoms with Gasteiger partial charge in [-0.1, -0.05) is 12.1 Å². The van der Waals surface area contributed by atoms with Gasteiger partial charge in [-0.2, -0.15) is 0 Å². The fourth-order valence-electron chi connectivity index (χ4n) is 4.47. The van der Waals surface area contributed by atoms with Crippen molar-refractivity contribution in [1.29, 1.82) is 0 Å². The Hall–Kier alpha value is -3.62. The summed E-state index contributed by atoms with van der Waals surface area (Å²) in [5.41, 5.74) is 4.97. The highest BCUT2D eigenvalue weighted by Gasteiger charge is 2.18. The quantitative estimate of drug-likeness (QED) is 0.438. The Bertz CT molecular complexity index is 1250. The molecule has 5 rings (SSSR count). The van der Waals surface area contributed by atoms with Gasteiger partial charge in [0, 0.05) is 49.7 Å². The number of aromatic nitrogens is 3. The summed E-state index contributed by atoms with van der Waals surface area (Å²) in [7, 11) is 1.68. The van der Waals surface area contributed by atoms with E-state index < -0.39 is 0 Å². The third kappa shape index (κ3) is 4.69.